The first-order valence-corrected chi connectivity index (χ1v) is 5.39. The molecule has 1 fully saturated rings. The Balaban J connectivity index is 2.21. The number of piperidine rings is 1. The van der Waals surface area contributed by atoms with Crippen molar-refractivity contribution in [1.29, 1.82) is 0 Å². The minimum absolute atomic E-state index is 0.0681. The molecule has 2 amide bonds. The monoisotopic (exact) mass is 214 g/mol. The Bertz CT molecular complexity index is 231. The zero-order valence-corrected chi connectivity index (χ0v) is 8.87. The fourth-order valence-electron chi connectivity index (χ4n) is 1.57. The maximum atomic E-state index is 11.4. The summed E-state index contributed by atoms with van der Waals surface area (Å²) in [5.41, 5.74) is 0. The SMILES string of the molecule is O=C(CN1CCCCC1=O)NCCCO. The Kier molecular flexibility index (Phi) is 5.10. The van der Waals surface area contributed by atoms with Crippen LogP contribution in [-0.2, 0) is 9.59 Å². The van der Waals surface area contributed by atoms with E-state index in [0.717, 1.165) is 12.8 Å². The van der Waals surface area contributed by atoms with E-state index >= 15 is 0 Å². The highest BCUT2D eigenvalue weighted by Crippen LogP contribution is 2.09. The largest absolute Gasteiger partial charge is 0.396 e. The fraction of sp³-hybridized carbons (Fsp3) is 0.800. The van der Waals surface area contributed by atoms with Gasteiger partial charge >= 0.3 is 0 Å². The molecule has 0 aromatic heterocycles. The molecule has 86 valence electrons. The number of nitrogens with one attached hydrogen (secondary N) is 1. The molecule has 1 aliphatic heterocycles. The molecule has 0 spiro atoms. The van der Waals surface area contributed by atoms with Gasteiger partial charge in [0.25, 0.3) is 0 Å². The molecule has 0 saturated carbocycles. The molecule has 15 heavy (non-hydrogen) atoms. The van der Waals surface area contributed by atoms with Crippen LogP contribution in [0.15, 0.2) is 0 Å². The van der Waals surface area contributed by atoms with Gasteiger partial charge in [0.05, 0.1) is 6.54 Å². The predicted molar refractivity (Wildman–Crippen MR) is 55.1 cm³/mol. The van der Waals surface area contributed by atoms with E-state index in [-0.39, 0.29) is 25.0 Å². The number of hydrogen-bond acceptors (Lipinski definition) is 3. The van der Waals surface area contributed by atoms with Crippen LogP contribution in [-0.4, -0.2) is 48.1 Å². The van der Waals surface area contributed by atoms with Crippen LogP contribution in [0, 0.1) is 0 Å². The summed E-state index contributed by atoms with van der Waals surface area (Å²) in [7, 11) is 0. The molecule has 0 radical (unpaired) electrons. The summed E-state index contributed by atoms with van der Waals surface area (Å²) in [6.07, 6.45) is 3.03. The summed E-state index contributed by atoms with van der Waals surface area (Å²) in [4.78, 5) is 24.3. The minimum atomic E-state index is -0.140. The number of aliphatic hydroxyl groups is 1. The first-order chi connectivity index (χ1) is 7.24. The molecular weight excluding hydrogens is 196 g/mol. The van der Waals surface area contributed by atoms with Gasteiger partial charge in [-0.05, 0) is 19.3 Å². The zero-order chi connectivity index (χ0) is 11.1. The van der Waals surface area contributed by atoms with Crippen LogP contribution in [0.25, 0.3) is 0 Å². The second kappa shape index (κ2) is 6.40. The van der Waals surface area contributed by atoms with Crippen LogP contribution in [0.5, 0.6) is 0 Å². The van der Waals surface area contributed by atoms with Crippen molar-refractivity contribution in [3.05, 3.63) is 0 Å². The first kappa shape index (κ1) is 12.0. The van der Waals surface area contributed by atoms with Gasteiger partial charge < -0.3 is 15.3 Å². The minimum Gasteiger partial charge on any atom is -0.396 e. The summed E-state index contributed by atoms with van der Waals surface area (Å²) in [5, 5.41) is 11.2. The average molecular weight is 214 g/mol. The number of hydrogen-bond donors (Lipinski definition) is 2. The summed E-state index contributed by atoms with van der Waals surface area (Å²) in [5.74, 6) is -0.0720. The van der Waals surface area contributed by atoms with E-state index in [2.05, 4.69) is 5.32 Å². The molecule has 1 heterocycles. The first-order valence-electron chi connectivity index (χ1n) is 5.39. The molecule has 1 rings (SSSR count). The van der Waals surface area contributed by atoms with E-state index in [9.17, 15) is 9.59 Å². The number of nitrogens with zero attached hydrogens (tertiary/aromatic N) is 1. The van der Waals surface area contributed by atoms with E-state index in [4.69, 9.17) is 5.11 Å². The van der Waals surface area contributed by atoms with E-state index in [1.807, 2.05) is 0 Å². The van der Waals surface area contributed by atoms with Gasteiger partial charge in [0.15, 0.2) is 0 Å². The van der Waals surface area contributed by atoms with Crippen molar-refractivity contribution in [1.82, 2.24) is 10.2 Å². The maximum Gasteiger partial charge on any atom is 0.239 e. The van der Waals surface area contributed by atoms with Gasteiger partial charge in [-0.25, -0.2) is 0 Å². The zero-order valence-electron chi connectivity index (χ0n) is 8.87. The van der Waals surface area contributed by atoms with Crippen LogP contribution < -0.4 is 5.32 Å². The number of aliphatic hydroxyl groups excluding tert-OH is 1. The Morgan fingerprint density at radius 2 is 2.27 bits per heavy atom. The Labute approximate surface area is 89.4 Å². The highest BCUT2D eigenvalue weighted by atomic mass is 16.3. The molecule has 5 nitrogen and oxygen atoms in total. The van der Waals surface area contributed by atoms with Gasteiger partial charge in [-0.1, -0.05) is 0 Å². The Hall–Kier alpha value is -1.10. The molecule has 0 aliphatic carbocycles. The topological polar surface area (TPSA) is 69.6 Å². The lowest BCUT2D eigenvalue weighted by molar-refractivity contribution is -0.137. The number of carbonyl (C=O) groups is 2. The van der Waals surface area contributed by atoms with Crippen LogP contribution in [0.4, 0.5) is 0 Å². The lowest BCUT2D eigenvalue weighted by Gasteiger charge is -2.25. The van der Waals surface area contributed by atoms with Gasteiger partial charge in [0.2, 0.25) is 11.8 Å². The van der Waals surface area contributed by atoms with Gasteiger partial charge in [-0.15, -0.1) is 0 Å². The lowest BCUT2D eigenvalue weighted by atomic mass is 10.1. The molecule has 5 heteroatoms. The molecule has 0 bridgehead atoms. The molecule has 0 aromatic carbocycles. The lowest BCUT2D eigenvalue weighted by Crippen LogP contribution is -2.43. The highest BCUT2D eigenvalue weighted by Gasteiger charge is 2.19. The van der Waals surface area contributed by atoms with Gasteiger partial charge in [-0.2, -0.15) is 0 Å². The quantitative estimate of drug-likeness (QED) is 0.606. The third kappa shape index (κ3) is 4.29. The molecular formula is C10H18N2O3. The summed E-state index contributed by atoms with van der Waals surface area (Å²) < 4.78 is 0. The second-order valence-corrected chi connectivity index (χ2v) is 3.70. The van der Waals surface area contributed by atoms with Crippen LogP contribution in [0.1, 0.15) is 25.7 Å². The van der Waals surface area contributed by atoms with Crippen molar-refractivity contribution in [2.24, 2.45) is 0 Å². The normalized spacial score (nSPS) is 16.6. The van der Waals surface area contributed by atoms with E-state index in [1.54, 1.807) is 4.90 Å². The molecule has 0 unspecified atom stereocenters. The van der Waals surface area contributed by atoms with E-state index < -0.39 is 0 Å². The van der Waals surface area contributed by atoms with Crippen LogP contribution in [0.3, 0.4) is 0 Å². The van der Waals surface area contributed by atoms with Crippen LogP contribution >= 0.6 is 0 Å². The Morgan fingerprint density at radius 1 is 1.47 bits per heavy atom. The predicted octanol–water partition coefficient (Wildman–Crippen LogP) is -0.502. The smallest absolute Gasteiger partial charge is 0.239 e. The third-order valence-corrected chi connectivity index (χ3v) is 2.41. The average Bonchev–Trinajstić information content (AvgIpc) is 2.22. The number of likely N-dealkylation sites (tertiary alicyclic amines) is 1. The molecule has 0 atom stereocenters. The number of amides is 2. The van der Waals surface area contributed by atoms with Gasteiger partial charge in [-0.3, -0.25) is 9.59 Å². The molecule has 1 saturated heterocycles. The third-order valence-electron chi connectivity index (χ3n) is 2.41. The van der Waals surface area contributed by atoms with Gasteiger partial charge in [0.1, 0.15) is 0 Å². The fourth-order valence-corrected chi connectivity index (χ4v) is 1.57. The summed E-state index contributed by atoms with van der Waals surface area (Å²) in [6.45, 7) is 1.39. The number of rotatable bonds is 5. The van der Waals surface area contributed by atoms with Crippen molar-refractivity contribution < 1.29 is 14.7 Å². The van der Waals surface area contributed by atoms with Gasteiger partial charge in [0, 0.05) is 26.1 Å². The summed E-state index contributed by atoms with van der Waals surface area (Å²) >= 11 is 0. The summed E-state index contributed by atoms with van der Waals surface area (Å²) in [6, 6.07) is 0. The van der Waals surface area contributed by atoms with E-state index in [1.165, 1.54) is 0 Å². The highest BCUT2D eigenvalue weighted by molar-refractivity contribution is 5.85. The van der Waals surface area contributed by atoms with Crippen molar-refractivity contribution in [3.63, 3.8) is 0 Å². The standard InChI is InChI=1S/C10H18N2O3/c13-7-3-5-11-9(14)8-12-6-2-1-4-10(12)15/h13H,1-8H2,(H,11,14). The Morgan fingerprint density at radius 3 is 2.93 bits per heavy atom. The molecule has 0 aromatic rings. The number of carbonyl (C=O) groups excluding carboxylic acids is 2. The second-order valence-electron chi connectivity index (χ2n) is 3.70. The molecule has 2 N–H and O–H groups in total. The van der Waals surface area contributed by atoms with Crippen molar-refractivity contribution >= 4 is 11.8 Å². The van der Waals surface area contributed by atoms with Crippen molar-refractivity contribution in [2.45, 2.75) is 25.7 Å². The maximum absolute atomic E-state index is 11.4. The molecule has 1 aliphatic rings. The van der Waals surface area contributed by atoms with Crippen LogP contribution in [0.2, 0.25) is 0 Å². The van der Waals surface area contributed by atoms with Crippen molar-refractivity contribution in [2.75, 3.05) is 26.2 Å². The van der Waals surface area contributed by atoms with Crippen molar-refractivity contribution in [3.8, 4) is 0 Å². The van der Waals surface area contributed by atoms with E-state index in [0.29, 0.717) is 25.9 Å².